The molecule has 0 radical (unpaired) electrons. The molecule has 0 spiro atoms. The molecule has 220 valence electrons. The number of para-hydroxylation sites is 1. The van der Waals surface area contributed by atoms with Crippen molar-refractivity contribution in [1.29, 1.82) is 0 Å². The SMILES string of the molecule is CCCCCCCCCCCCCc1cccc(Oc2ccccc2CCCCCCCCCCCCC)c1. The number of hydrogen-bond donors (Lipinski definition) is 0. The second-order valence-electron chi connectivity index (χ2n) is 11.9. The van der Waals surface area contributed by atoms with E-state index in [0.717, 1.165) is 24.3 Å². The fourth-order valence-electron chi connectivity index (χ4n) is 5.67. The highest BCUT2D eigenvalue weighted by Gasteiger charge is 2.06. The van der Waals surface area contributed by atoms with Crippen LogP contribution in [0.1, 0.15) is 166 Å². The third kappa shape index (κ3) is 17.5. The van der Waals surface area contributed by atoms with E-state index < -0.39 is 0 Å². The molecule has 2 aromatic rings. The van der Waals surface area contributed by atoms with Gasteiger partial charge in [0.25, 0.3) is 0 Å². The predicted octanol–water partition coefficient (Wildman–Crippen LogP) is 13.2. The molecule has 2 rings (SSSR count). The van der Waals surface area contributed by atoms with E-state index >= 15 is 0 Å². The number of benzene rings is 2. The smallest absolute Gasteiger partial charge is 0.130 e. The Morgan fingerprint density at radius 2 is 0.897 bits per heavy atom. The minimum Gasteiger partial charge on any atom is -0.457 e. The summed E-state index contributed by atoms with van der Waals surface area (Å²) in [5, 5.41) is 0. The Labute approximate surface area is 243 Å². The number of unbranched alkanes of at least 4 members (excludes halogenated alkanes) is 20. The number of hydrogen-bond acceptors (Lipinski definition) is 1. The topological polar surface area (TPSA) is 9.23 Å². The van der Waals surface area contributed by atoms with E-state index in [2.05, 4.69) is 62.4 Å². The van der Waals surface area contributed by atoms with E-state index in [9.17, 15) is 0 Å². The molecule has 1 heteroatoms. The van der Waals surface area contributed by atoms with E-state index in [1.165, 1.54) is 152 Å². The van der Waals surface area contributed by atoms with Crippen molar-refractivity contribution in [3.8, 4) is 11.5 Å². The summed E-state index contributed by atoms with van der Waals surface area (Å²) in [6, 6.07) is 17.5. The quantitative estimate of drug-likeness (QED) is 0.109. The van der Waals surface area contributed by atoms with Crippen LogP contribution in [0.2, 0.25) is 0 Å². The molecule has 0 fully saturated rings. The summed E-state index contributed by atoms with van der Waals surface area (Å²) in [6.45, 7) is 4.59. The Morgan fingerprint density at radius 3 is 1.44 bits per heavy atom. The van der Waals surface area contributed by atoms with Crippen LogP contribution in [-0.4, -0.2) is 0 Å². The van der Waals surface area contributed by atoms with E-state index in [-0.39, 0.29) is 0 Å². The Balaban J connectivity index is 1.59. The molecule has 0 unspecified atom stereocenters. The van der Waals surface area contributed by atoms with Crippen LogP contribution in [0.4, 0.5) is 0 Å². The van der Waals surface area contributed by atoms with Crippen molar-refractivity contribution in [1.82, 2.24) is 0 Å². The molecule has 39 heavy (non-hydrogen) atoms. The van der Waals surface area contributed by atoms with Crippen LogP contribution in [-0.2, 0) is 12.8 Å². The van der Waals surface area contributed by atoms with Gasteiger partial charge in [-0.1, -0.05) is 173 Å². The zero-order valence-corrected chi connectivity index (χ0v) is 26.0. The van der Waals surface area contributed by atoms with E-state index in [4.69, 9.17) is 4.74 Å². The first-order valence-corrected chi connectivity index (χ1v) is 17.2. The lowest BCUT2D eigenvalue weighted by Crippen LogP contribution is -1.94. The molecule has 0 atom stereocenters. The molecule has 2 aromatic carbocycles. The van der Waals surface area contributed by atoms with Gasteiger partial charge in [-0.25, -0.2) is 0 Å². The van der Waals surface area contributed by atoms with Gasteiger partial charge in [0.2, 0.25) is 0 Å². The van der Waals surface area contributed by atoms with Gasteiger partial charge in [0, 0.05) is 0 Å². The Morgan fingerprint density at radius 1 is 0.436 bits per heavy atom. The van der Waals surface area contributed by atoms with Gasteiger partial charge in [0.15, 0.2) is 0 Å². The fraction of sp³-hybridized carbons (Fsp3) is 0.684. The minimum absolute atomic E-state index is 0.988. The van der Waals surface area contributed by atoms with Crippen LogP contribution in [0.5, 0.6) is 11.5 Å². The maximum absolute atomic E-state index is 6.41. The second-order valence-corrected chi connectivity index (χ2v) is 11.9. The van der Waals surface area contributed by atoms with Gasteiger partial charge in [-0.2, -0.15) is 0 Å². The first kappa shape index (κ1) is 33.4. The van der Waals surface area contributed by atoms with E-state index in [1.54, 1.807) is 0 Å². The standard InChI is InChI=1S/C38H62O/c1-3-5-7-9-11-13-15-17-19-21-23-28-35-29-27-32-37(34-35)39-38-33-26-25-31-36(38)30-24-22-20-18-16-14-12-10-8-6-4-2/h25-27,29,31-34H,3-24,28,30H2,1-2H3. The fourth-order valence-corrected chi connectivity index (χ4v) is 5.67. The number of rotatable bonds is 26. The Bertz CT molecular complexity index is 810. The highest BCUT2D eigenvalue weighted by molar-refractivity contribution is 5.39. The molecule has 0 aliphatic rings. The van der Waals surface area contributed by atoms with Crippen LogP contribution in [0, 0.1) is 0 Å². The molecular weight excluding hydrogens is 472 g/mol. The average Bonchev–Trinajstić information content (AvgIpc) is 2.95. The van der Waals surface area contributed by atoms with E-state index in [0.29, 0.717) is 0 Å². The lowest BCUT2D eigenvalue weighted by atomic mass is 10.0. The summed E-state index contributed by atoms with van der Waals surface area (Å²) in [7, 11) is 0. The average molecular weight is 535 g/mol. The van der Waals surface area contributed by atoms with Crippen molar-refractivity contribution < 1.29 is 4.74 Å². The molecule has 0 aliphatic carbocycles. The molecule has 1 nitrogen and oxygen atoms in total. The molecule has 0 saturated heterocycles. The normalized spacial score (nSPS) is 11.2. The van der Waals surface area contributed by atoms with Crippen molar-refractivity contribution in [3.05, 3.63) is 59.7 Å². The minimum atomic E-state index is 0.988. The zero-order valence-electron chi connectivity index (χ0n) is 26.0. The van der Waals surface area contributed by atoms with Gasteiger partial charge < -0.3 is 4.74 Å². The molecular formula is C38H62O. The molecule has 0 aliphatic heterocycles. The Hall–Kier alpha value is -1.76. The largest absolute Gasteiger partial charge is 0.457 e. The lowest BCUT2D eigenvalue weighted by molar-refractivity contribution is 0.473. The van der Waals surface area contributed by atoms with Crippen LogP contribution < -0.4 is 4.74 Å². The van der Waals surface area contributed by atoms with Crippen LogP contribution in [0.15, 0.2) is 48.5 Å². The monoisotopic (exact) mass is 534 g/mol. The number of aryl methyl sites for hydroxylation is 2. The molecule has 0 heterocycles. The highest BCUT2D eigenvalue weighted by Crippen LogP contribution is 2.28. The Kier molecular flexibility index (Phi) is 20.6. The van der Waals surface area contributed by atoms with Crippen LogP contribution >= 0.6 is 0 Å². The first-order chi connectivity index (χ1) is 19.3. The highest BCUT2D eigenvalue weighted by atomic mass is 16.5. The van der Waals surface area contributed by atoms with Crippen molar-refractivity contribution in [3.63, 3.8) is 0 Å². The van der Waals surface area contributed by atoms with Gasteiger partial charge in [-0.05, 0) is 55.0 Å². The summed E-state index contributed by atoms with van der Waals surface area (Å²) in [5.41, 5.74) is 2.76. The maximum atomic E-state index is 6.41. The summed E-state index contributed by atoms with van der Waals surface area (Å²) in [4.78, 5) is 0. The van der Waals surface area contributed by atoms with Crippen molar-refractivity contribution in [2.45, 2.75) is 168 Å². The zero-order chi connectivity index (χ0) is 27.6. The number of ether oxygens (including phenoxy) is 1. The molecule has 0 N–H and O–H groups in total. The molecule has 0 amide bonds. The summed E-state index contributed by atoms with van der Waals surface area (Å²) in [5.74, 6) is 2.03. The van der Waals surface area contributed by atoms with Crippen molar-refractivity contribution >= 4 is 0 Å². The van der Waals surface area contributed by atoms with Crippen LogP contribution in [0.25, 0.3) is 0 Å². The van der Waals surface area contributed by atoms with Gasteiger partial charge >= 0.3 is 0 Å². The lowest BCUT2D eigenvalue weighted by Gasteiger charge is -2.12. The third-order valence-electron chi connectivity index (χ3n) is 8.22. The van der Waals surface area contributed by atoms with Gasteiger partial charge in [-0.3, -0.25) is 0 Å². The van der Waals surface area contributed by atoms with Gasteiger partial charge in [-0.15, -0.1) is 0 Å². The van der Waals surface area contributed by atoms with Crippen molar-refractivity contribution in [2.24, 2.45) is 0 Å². The van der Waals surface area contributed by atoms with Gasteiger partial charge in [0.1, 0.15) is 11.5 Å². The predicted molar refractivity (Wildman–Crippen MR) is 173 cm³/mol. The molecule has 0 aromatic heterocycles. The second kappa shape index (κ2) is 24.1. The van der Waals surface area contributed by atoms with Gasteiger partial charge in [0.05, 0.1) is 0 Å². The summed E-state index contributed by atoms with van der Waals surface area (Å²) in [6.07, 6.45) is 32.9. The van der Waals surface area contributed by atoms with Crippen molar-refractivity contribution in [2.75, 3.05) is 0 Å². The summed E-state index contributed by atoms with van der Waals surface area (Å²) < 4.78 is 6.41. The molecule has 0 bridgehead atoms. The first-order valence-electron chi connectivity index (χ1n) is 17.2. The molecule has 0 saturated carbocycles. The van der Waals surface area contributed by atoms with Crippen LogP contribution in [0.3, 0.4) is 0 Å². The maximum Gasteiger partial charge on any atom is 0.130 e. The third-order valence-corrected chi connectivity index (χ3v) is 8.22. The van der Waals surface area contributed by atoms with E-state index in [1.807, 2.05) is 0 Å². The summed E-state index contributed by atoms with van der Waals surface area (Å²) >= 11 is 0.